The number of carbonyl (C=O) groups is 1. The molecule has 112 valence electrons. The van der Waals surface area contributed by atoms with Crippen molar-refractivity contribution in [3.8, 4) is 10.8 Å². The normalized spacial score (nSPS) is 10.6. The third kappa shape index (κ3) is 3.35. The molecule has 0 radical (unpaired) electrons. The van der Waals surface area contributed by atoms with Crippen LogP contribution in [0, 0.1) is 6.92 Å². The standard InChI is InChI=1S/C15H12ClN3O2S/c1-9-17-15(21-19-9)14-12(6-7-22-14)18-13(20)8-10-2-4-11(16)5-3-10/h2-7H,8H2,1H3,(H,18,20). The molecule has 0 aliphatic heterocycles. The van der Waals surface area contributed by atoms with Crippen LogP contribution in [-0.4, -0.2) is 16.0 Å². The zero-order valence-corrected chi connectivity index (χ0v) is 13.2. The summed E-state index contributed by atoms with van der Waals surface area (Å²) in [6, 6.07) is 9.01. The highest BCUT2D eigenvalue weighted by Crippen LogP contribution is 2.32. The van der Waals surface area contributed by atoms with Crippen LogP contribution in [0.4, 0.5) is 5.69 Å². The molecule has 0 saturated heterocycles. The number of aryl methyl sites for hydroxylation is 1. The second kappa shape index (κ2) is 6.29. The van der Waals surface area contributed by atoms with Crippen molar-refractivity contribution in [3.05, 3.63) is 52.1 Å². The van der Waals surface area contributed by atoms with E-state index in [1.807, 2.05) is 23.6 Å². The van der Waals surface area contributed by atoms with Crippen LogP contribution < -0.4 is 5.32 Å². The number of benzene rings is 1. The second-order valence-corrected chi connectivity index (χ2v) is 6.01. The molecule has 22 heavy (non-hydrogen) atoms. The van der Waals surface area contributed by atoms with Gasteiger partial charge in [0.15, 0.2) is 5.82 Å². The smallest absolute Gasteiger partial charge is 0.270 e. The number of halogens is 1. The van der Waals surface area contributed by atoms with Gasteiger partial charge in [0.05, 0.1) is 12.1 Å². The van der Waals surface area contributed by atoms with Gasteiger partial charge in [0.25, 0.3) is 5.89 Å². The zero-order chi connectivity index (χ0) is 15.5. The molecule has 7 heteroatoms. The Bertz CT molecular complexity index is 795. The monoisotopic (exact) mass is 333 g/mol. The topological polar surface area (TPSA) is 68.0 Å². The van der Waals surface area contributed by atoms with Crippen LogP contribution in [0.25, 0.3) is 10.8 Å². The van der Waals surface area contributed by atoms with Crippen molar-refractivity contribution < 1.29 is 9.32 Å². The molecule has 0 atom stereocenters. The van der Waals surface area contributed by atoms with E-state index < -0.39 is 0 Å². The predicted molar refractivity (Wildman–Crippen MR) is 86.1 cm³/mol. The summed E-state index contributed by atoms with van der Waals surface area (Å²) >= 11 is 7.27. The molecule has 0 saturated carbocycles. The summed E-state index contributed by atoms with van der Waals surface area (Å²) < 4.78 is 5.15. The zero-order valence-electron chi connectivity index (χ0n) is 11.7. The first-order valence-corrected chi connectivity index (χ1v) is 7.80. The van der Waals surface area contributed by atoms with Crippen molar-refractivity contribution in [1.29, 1.82) is 0 Å². The number of carbonyl (C=O) groups excluding carboxylic acids is 1. The van der Waals surface area contributed by atoms with E-state index in [1.165, 1.54) is 11.3 Å². The molecule has 0 fully saturated rings. The third-order valence-electron chi connectivity index (χ3n) is 2.94. The minimum absolute atomic E-state index is 0.113. The van der Waals surface area contributed by atoms with Crippen LogP contribution in [0.3, 0.4) is 0 Å². The first kappa shape index (κ1) is 14.7. The molecule has 0 unspecified atom stereocenters. The van der Waals surface area contributed by atoms with E-state index in [1.54, 1.807) is 19.1 Å². The Hall–Kier alpha value is -2.18. The fraction of sp³-hybridized carbons (Fsp3) is 0.133. The average Bonchev–Trinajstić information content (AvgIpc) is 3.10. The fourth-order valence-electron chi connectivity index (χ4n) is 1.94. The molecule has 5 nitrogen and oxygen atoms in total. The Balaban J connectivity index is 1.72. The highest BCUT2D eigenvalue weighted by molar-refractivity contribution is 7.14. The van der Waals surface area contributed by atoms with Gasteiger partial charge in [0.2, 0.25) is 5.91 Å². The minimum Gasteiger partial charge on any atom is -0.333 e. The van der Waals surface area contributed by atoms with Crippen LogP contribution in [-0.2, 0) is 11.2 Å². The quantitative estimate of drug-likeness (QED) is 0.785. The summed E-state index contributed by atoms with van der Waals surface area (Å²) in [6.45, 7) is 1.75. The number of amides is 1. The lowest BCUT2D eigenvalue weighted by molar-refractivity contribution is -0.115. The lowest BCUT2D eigenvalue weighted by atomic mass is 10.1. The summed E-state index contributed by atoms with van der Waals surface area (Å²) in [5.74, 6) is 0.856. The first-order chi connectivity index (χ1) is 10.6. The van der Waals surface area contributed by atoms with Gasteiger partial charge in [-0.15, -0.1) is 11.3 Å². The van der Waals surface area contributed by atoms with E-state index >= 15 is 0 Å². The van der Waals surface area contributed by atoms with Crippen molar-refractivity contribution in [2.75, 3.05) is 5.32 Å². The van der Waals surface area contributed by atoms with Gasteiger partial charge < -0.3 is 9.84 Å². The number of hydrogen-bond donors (Lipinski definition) is 1. The van der Waals surface area contributed by atoms with E-state index in [0.29, 0.717) is 22.4 Å². The summed E-state index contributed by atoms with van der Waals surface area (Å²) in [5, 5.41) is 9.15. The second-order valence-electron chi connectivity index (χ2n) is 4.66. The maximum atomic E-state index is 12.1. The van der Waals surface area contributed by atoms with Gasteiger partial charge in [0, 0.05) is 5.02 Å². The summed E-state index contributed by atoms with van der Waals surface area (Å²) in [4.78, 5) is 17.1. The molecule has 0 aliphatic rings. The van der Waals surface area contributed by atoms with E-state index in [9.17, 15) is 4.79 Å². The number of aromatic nitrogens is 2. The van der Waals surface area contributed by atoms with Crippen molar-refractivity contribution in [2.24, 2.45) is 0 Å². The summed E-state index contributed by atoms with van der Waals surface area (Å²) in [7, 11) is 0. The number of nitrogens with zero attached hydrogens (tertiary/aromatic N) is 2. The van der Waals surface area contributed by atoms with Crippen LogP contribution in [0.5, 0.6) is 0 Å². The number of nitrogens with one attached hydrogen (secondary N) is 1. The van der Waals surface area contributed by atoms with E-state index in [2.05, 4.69) is 15.5 Å². The molecule has 1 amide bonds. The molecular formula is C15H12ClN3O2S. The van der Waals surface area contributed by atoms with Crippen molar-refractivity contribution in [3.63, 3.8) is 0 Å². The van der Waals surface area contributed by atoms with Crippen LogP contribution in [0.15, 0.2) is 40.2 Å². The van der Waals surface area contributed by atoms with E-state index in [4.69, 9.17) is 16.1 Å². The summed E-state index contributed by atoms with van der Waals surface area (Å²) in [6.07, 6.45) is 0.273. The van der Waals surface area contributed by atoms with Gasteiger partial charge in [-0.1, -0.05) is 28.9 Å². The molecule has 3 rings (SSSR count). The summed E-state index contributed by atoms with van der Waals surface area (Å²) in [5.41, 5.74) is 1.57. The Morgan fingerprint density at radius 3 is 2.77 bits per heavy atom. The lowest BCUT2D eigenvalue weighted by Crippen LogP contribution is -2.14. The molecule has 2 aromatic heterocycles. The molecule has 1 aromatic carbocycles. The van der Waals surface area contributed by atoms with E-state index in [0.717, 1.165) is 10.4 Å². The minimum atomic E-state index is -0.113. The highest BCUT2D eigenvalue weighted by atomic mass is 35.5. The Labute approximate surface area is 135 Å². The molecule has 1 N–H and O–H groups in total. The van der Waals surface area contributed by atoms with Crippen LogP contribution in [0.1, 0.15) is 11.4 Å². The molecule has 0 aliphatic carbocycles. The first-order valence-electron chi connectivity index (χ1n) is 6.54. The Kier molecular flexibility index (Phi) is 4.22. The molecule has 0 bridgehead atoms. The van der Waals surface area contributed by atoms with Gasteiger partial charge >= 0.3 is 0 Å². The SMILES string of the molecule is Cc1noc(-c2sccc2NC(=O)Cc2ccc(Cl)cc2)n1. The Morgan fingerprint density at radius 2 is 2.09 bits per heavy atom. The van der Waals surface area contributed by atoms with Crippen molar-refractivity contribution >= 4 is 34.5 Å². The van der Waals surface area contributed by atoms with E-state index in [-0.39, 0.29) is 12.3 Å². The fourth-order valence-corrected chi connectivity index (χ4v) is 2.84. The van der Waals surface area contributed by atoms with Crippen LogP contribution >= 0.6 is 22.9 Å². The van der Waals surface area contributed by atoms with Gasteiger partial charge in [-0.25, -0.2) is 0 Å². The van der Waals surface area contributed by atoms with Gasteiger partial charge in [-0.2, -0.15) is 4.98 Å². The largest absolute Gasteiger partial charge is 0.333 e. The molecule has 0 spiro atoms. The van der Waals surface area contributed by atoms with Gasteiger partial charge in [-0.3, -0.25) is 4.79 Å². The van der Waals surface area contributed by atoms with Gasteiger partial charge in [-0.05, 0) is 36.1 Å². The number of anilines is 1. The molecule has 3 aromatic rings. The Morgan fingerprint density at radius 1 is 1.32 bits per heavy atom. The lowest BCUT2D eigenvalue weighted by Gasteiger charge is -2.05. The van der Waals surface area contributed by atoms with Crippen molar-refractivity contribution in [2.45, 2.75) is 13.3 Å². The molecule has 2 heterocycles. The molecular weight excluding hydrogens is 322 g/mol. The van der Waals surface area contributed by atoms with Crippen molar-refractivity contribution in [1.82, 2.24) is 10.1 Å². The number of rotatable bonds is 4. The van der Waals surface area contributed by atoms with Gasteiger partial charge in [0.1, 0.15) is 4.88 Å². The number of thiophene rings is 1. The third-order valence-corrected chi connectivity index (χ3v) is 4.09. The maximum absolute atomic E-state index is 12.1. The number of hydrogen-bond acceptors (Lipinski definition) is 5. The highest BCUT2D eigenvalue weighted by Gasteiger charge is 2.15. The van der Waals surface area contributed by atoms with Crippen LogP contribution in [0.2, 0.25) is 5.02 Å². The maximum Gasteiger partial charge on any atom is 0.270 e. The predicted octanol–water partition coefficient (Wildman–Crippen LogP) is 3.94. The average molecular weight is 334 g/mol.